The predicted octanol–water partition coefficient (Wildman–Crippen LogP) is 4.38. The molecule has 0 N–H and O–H groups in total. The molecular formula is C15H14ClIN2. The van der Waals surface area contributed by atoms with Crippen molar-refractivity contribution in [3.8, 4) is 0 Å². The van der Waals surface area contributed by atoms with E-state index in [1.807, 2.05) is 6.07 Å². The fourth-order valence-electron chi connectivity index (χ4n) is 2.43. The van der Waals surface area contributed by atoms with Crippen molar-refractivity contribution in [1.82, 2.24) is 9.97 Å². The zero-order chi connectivity index (χ0) is 13.5. The molecule has 2 aromatic rings. The smallest absolute Gasteiger partial charge is 0.146 e. The van der Waals surface area contributed by atoms with Gasteiger partial charge in [-0.05, 0) is 47.4 Å². The predicted molar refractivity (Wildman–Crippen MR) is 85.6 cm³/mol. The summed E-state index contributed by atoms with van der Waals surface area (Å²) in [6.45, 7) is 2.10. The molecule has 1 heterocycles. The van der Waals surface area contributed by atoms with Crippen molar-refractivity contribution in [1.29, 1.82) is 0 Å². The summed E-state index contributed by atoms with van der Waals surface area (Å²) < 4.78 is 0.981. The quantitative estimate of drug-likeness (QED) is 0.580. The Kier molecular flexibility index (Phi) is 3.52. The summed E-state index contributed by atoms with van der Waals surface area (Å²) in [7, 11) is 0. The third-order valence-corrected chi connectivity index (χ3v) is 5.44. The molecule has 0 radical (unpaired) electrons. The molecule has 0 aliphatic heterocycles. The molecule has 1 aliphatic rings. The molecule has 19 heavy (non-hydrogen) atoms. The lowest BCUT2D eigenvalue weighted by Crippen LogP contribution is -2.15. The van der Waals surface area contributed by atoms with Crippen LogP contribution in [0.3, 0.4) is 0 Å². The summed E-state index contributed by atoms with van der Waals surface area (Å²) in [4.78, 5) is 9.30. The summed E-state index contributed by atoms with van der Waals surface area (Å²) >= 11 is 8.49. The second kappa shape index (κ2) is 5.02. The Morgan fingerprint density at radius 1 is 1.21 bits per heavy atom. The average molecular weight is 385 g/mol. The third kappa shape index (κ3) is 2.27. The largest absolute Gasteiger partial charge is 0.236 e. The number of aryl methyl sites for hydroxylation is 1. The first-order valence-corrected chi connectivity index (χ1v) is 7.91. The molecule has 1 saturated carbocycles. The number of halogens is 2. The van der Waals surface area contributed by atoms with E-state index >= 15 is 0 Å². The van der Waals surface area contributed by atoms with Crippen LogP contribution in [0.5, 0.6) is 0 Å². The van der Waals surface area contributed by atoms with Crippen molar-refractivity contribution >= 4 is 34.2 Å². The Bertz CT molecular complexity index is 609. The Labute approximate surface area is 131 Å². The van der Waals surface area contributed by atoms with Gasteiger partial charge in [-0.2, -0.15) is 0 Å². The Morgan fingerprint density at radius 2 is 1.89 bits per heavy atom. The van der Waals surface area contributed by atoms with Crippen LogP contribution in [0.2, 0.25) is 5.15 Å². The number of hydrogen-bond acceptors (Lipinski definition) is 2. The maximum absolute atomic E-state index is 6.26. The van der Waals surface area contributed by atoms with Gasteiger partial charge in [0.05, 0.1) is 14.7 Å². The highest BCUT2D eigenvalue weighted by Crippen LogP contribution is 2.52. The second-order valence-corrected chi connectivity index (χ2v) is 6.34. The van der Waals surface area contributed by atoms with E-state index in [1.54, 1.807) is 0 Å². The van der Waals surface area contributed by atoms with Crippen molar-refractivity contribution in [2.45, 2.75) is 31.6 Å². The highest BCUT2D eigenvalue weighted by molar-refractivity contribution is 14.1. The maximum atomic E-state index is 6.26. The fraction of sp³-hybridized carbons (Fsp3) is 0.333. The molecular weight excluding hydrogens is 371 g/mol. The molecule has 0 spiro atoms. The SMILES string of the molecule is CCc1nc(C2(c3ccccc3)CC2)nc(Cl)c1I. The van der Waals surface area contributed by atoms with Gasteiger partial charge in [0.2, 0.25) is 0 Å². The Hall–Kier alpha value is -0.680. The van der Waals surface area contributed by atoms with Gasteiger partial charge in [-0.15, -0.1) is 0 Å². The first-order valence-electron chi connectivity index (χ1n) is 6.45. The van der Waals surface area contributed by atoms with Crippen molar-refractivity contribution in [3.05, 3.63) is 56.1 Å². The van der Waals surface area contributed by atoms with E-state index in [0.29, 0.717) is 5.15 Å². The fourth-order valence-corrected chi connectivity index (χ4v) is 3.25. The molecule has 0 saturated heterocycles. The van der Waals surface area contributed by atoms with E-state index in [-0.39, 0.29) is 5.41 Å². The van der Waals surface area contributed by atoms with Crippen LogP contribution >= 0.6 is 34.2 Å². The van der Waals surface area contributed by atoms with Crippen LogP contribution in [-0.2, 0) is 11.8 Å². The minimum absolute atomic E-state index is 0.000833. The van der Waals surface area contributed by atoms with E-state index in [2.05, 4.69) is 58.8 Å². The standard InChI is InChI=1S/C15H14ClIN2/c1-2-11-12(17)13(16)19-14(18-11)15(8-9-15)10-6-4-3-5-7-10/h3-7H,2,8-9H2,1H3. The Morgan fingerprint density at radius 3 is 2.47 bits per heavy atom. The van der Waals surface area contributed by atoms with Crippen LogP contribution in [0.15, 0.2) is 30.3 Å². The molecule has 1 aromatic heterocycles. The van der Waals surface area contributed by atoms with Crippen LogP contribution in [0.25, 0.3) is 0 Å². The van der Waals surface area contributed by atoms with E-state index in [1.165, 1.54) is 5.56 Å². The minimum Gasteiger partial charge on any atom is -0.236 e. The summed E-state index contributed by atoms with van der Waals surface area (Å²) in [5, 5.41) is 0.588. The number of nitrogens with zero attached hydrogens (tertiary/aromatic N) is 2. The summed E-state index contributed by atoms with van der Waals surface area (Å²) in [6, 6.07) is 10.5. The molecule has 3 rings (SSSR count). The number of rotatable bonds is 3. The first-order chi connectivity index (χ1) is 9.17. The molecule has 1 aromatic carbocycles. The molecule has 1 fully saturated rings. The maximum Gasteiger partial charge on any atom is 0.146 e. The lowest BCUT2D eigenvalue weighted by molar-refractivity contribution is 0.737. The monoisotopic (exact) mass is 384 g/mol. The highest BCUT2D eigenvalue weighted by atomic mass is 127. The van der Waals surface area contributed by atoms with Crippen molar-refractivity contribution in [3.63, 3.8) is 0 Å². The van der Waals surface area contributed by atoms with Gasteiger partial charge in [0.15, 0.2) is 0 Å². The third-order valence-electron chi connectivity index (χ3n) is 3.72. The van der Waals surface area contributed by atoms with Gasteiger partial charge in [-0.1, -0.05) is 48.9 Å². The average Bonchev–Trinajstić information content (AvgIpc) is 3.24. The lowest BCUT2D eigenvalue weighted by atomic mass is 9.95. The summed E-state index contributed by atoms with van der Waals surface area (Å²) in [6.07, 6.45) is 3.10. The van der Waals surface area contributed by atoms with Crippen LogP contribution in [0.1, 0.15) is 36.8 Å². The van der Waals surface area contributed by atoms with Crippen molar-refractivity contribution in [2.75, 3.05) is 0 Å². The van der Waals surface area contributed by atoms with E-state index in [0.717, 1.165) is 34.4 Å². The molecule has 1 aliphatic carbocycles. The first kappa shape index (κ1) is 13.3. The second-order valence-electron chi connectivity index (χ2n) is 4.90. The van der Waals surface area contributed by atoms with Crippen molar-refractivity contribution in [2.24, 2.45) is 0 Å². The summed E-state index contributed by atoms with van der Waals surface area (Å²) in [5.41, 5.74) is 2.35. The topological polar surface area (TPSA) is 25.8 Å². The molecule has 0 unspecified atom stereocenters. The van der Waals surface area contributed by atoms with Gasteiger partial charge in [0.25, 0.3) is 0 Å². The van der Waals surface area contributed by atoms with E-state index in [4.69, 9.17) is 16.6 Å². The molecule has 0 atom stereocenters. The normalized spacial score (nSPS) is 16.4. The number of aromatic nitrogens is 2. The number of hydrogen-bond donors (Lipinski definition) is 0. The molecule has 0 bridgehead atoms. The van der Waals surface area contributed by atoms with Gasteiger partial charge in [-0.25, -0.2) is 9.97 Å². The van der Waals surface area contributed by atoms with Gasteiger partial charge in [0, 0.05) is 0 Å². The van der Waals surface area contributed by atoms with Crippen LogP contribution in [0, 0.1) is 3.57 Å². The van der Waals surface area contributed by atoms with E-state index < -0.39 is 0 Å². The molecule has 98 valence electrons. The van der Waals surface area contributed by atoms with Crippen molar-refractivity contribution < 1.29 is 0 Å². The Balaban J connectivity index is 2.10. The molecule has 0 amide bonds. The molecule has 4 heteroatoms. The highest BCUT2D eigenvalue weighted by Gasteiger charge is 2.48. The van der Waals surface area contributed by atoms with Gasteiger partial charge in [0.1, 0.15) is 11.0 Å². The zero-order valence-corrected chi connectivity index (χ0v) is 13.6. The van der Waals surface area contributed by atoms with Gasteiger partial charge in [-0.3, -0.25) is 0 Å². The zero-order valence-electron chi connectivity index (χ0n) is 10.7. The summed E-state index contributed by atoms with van der Waals surface area (Å²) in [5.74, 6) is 0.890. The van der Waals surface area contributed by atoms with E-state index in [9.17, 15) is 0 Å². The van der Waals surface area contributed by atoms with Crippen LogP contribution < -0.4 is 0 Å². The van der Waals surface area contributed by atoms with Crippen LogP contribution in [0.4, 0.5) is 0 Å². The number of benzene rings is 1. The lowest BCUT2D eigenvalue weighted by Gasteiger charge is -2.16. The molecule has 2 nitrogen and oxygen atoms in total. The minimum atomic E-state index is -0.000833. The van der Waals surface area contributed by atoms with Crippen LogP contribution in [-0.4, -0.2) is 9.97 Å². The van der Waals surface area contributed by atoms with Gasteiger partial charge < -0.3 is 0 Å². The van der Waals surface area contributed by atoms with Gasteiger partial charge >= 0.3 is 0 Å².